The van der Waals surface area contributed by atoms with Crippen LogP contribution in [-0.2, 0) is 0 Å². The van der Waals surface area contributed by atoms with Crippen molar-refractivity contribution in [2.75, 3.05) is 13.0 Å². The van der Waals surface area contributed by atoms with E-state index in [0.29, 0.717) is 5.75 Å². The van der Waals surface area contributed by atoms with Gasteiger partial charge < -0.3 is 9.84 Å². The van der Waals surface area contributed by atoms with Crippen LogP contribution in [0.25, 0.3) is 0 Å². The van der Waals surface area contributed by atoms with E-state index < -0.39 is 6.10 Å². The molecule has 4 heteroatoms. The highest BCUT2D eigenvalue weighted by Gasteiger charge is 2.08. The Morgan fingerprint density at radius 3 is 2.85 bits per heavy atom. The maximum Gasteiger partial charge on any atom is 0.133 e. The molecule has 0 aromatic heterocycles. The van der Waals surface area contributed by atoms with Crippen LogP contribution in [0.1, 0.15) is 11.7 Å². The minimum Gasteiger partial charge on any atom is -0.496 e. The van der Waals surface area contributed by atoms with Crippen LogP contribution in [-0.4, -0.2) is 18.1 Å². The van der Waals surface area contributed by atoms with Crippen molar-refractivity contribution in [3.05, 3.63) is 28.2 Å². The van der Waals surface area contributed by atoms with E-state index in [0.717, 1.165) is 10.0 Å². The quantitative estimate of drug-likeness (QED) is 0.852. The van der Waals surface area contributed by atoms with E-state index in [-0.39, 0.29) is 5.88 Å². The first-order chi connectivity index (χ1) is 6.19. The lowest BCUT2D eigenvalue weighted by atomic mass is 10.1. The second-order valence-corrected chi connectivity index (χ2v) is 3.73. The molecule has 0 fully saturated rings. The molecule has 0 radical (unpaired) electrons. The van der Waals surface area contributed by atoms with Crippen molar-refractivity contribution in [1.29, 1.82) is 0 Å². The summed E-state index contributed by atoms with van der Waals surface area (Å²) in [6.45, 7) is 0. The maximum atomic E-state index is 9.44. The number of ether oxygens (including phenoxy) is 1. The van der Waals surface area contributed by atoms with E-state index in [2.05, 4.69) is 15.9 Å². The van der Waals surface area contributed by atoms with Crippen LogP contribution >= 0.6 is 27.5 Å². The molecule has 0 saturated carbocycles. The van der Waals surface area contributed by atoms with Crippen LogP contribution in [0.4, 0.5) is 0 Å². The summed E-state index contributed by atoms with van der Waals surface area (Å²) >= 11 is 8.84. The first kappa shape index (κ1) is 10.8. The lowest BCUT2D eigenvalue weighted by Gasteiger charge is -2.09. The Morgan fingerprint density at radius 2 is 2.31 bits per heavy atom. The average Bonchev–Trinajstić information content (AvgIpc) is 2.17. The van der Waals surface area contributed by atoms with Gasteiger partial charge in [0.25, 0.3) is 0 Å². The van der Waals surface area contributed by atoms with Crippen LogP contribution in [0.2, 0.25) is 0 Å². The molecule has 0 saturated heterocycles. The molecule has 0 heterocycles. The van der Waals surface area contributed by atoms with Gasteiger partial charge in [0.2, 0.25) is 0 Å². The summed E-state index contributed by atoms with van der Waals surface area (Å²) in [6, 6.07) is 5.39. The van der Waals surface area contributed by atoms with E-state index >= 15 is 0 Å². The second-order valence-electron chi connectivity index (χ2n) is 2.56. The van der Waals surface area contributed by atoms with Crippen molar-refractivity contribution in [1.82, 2.24) is 0 Å². The van der Waals surface area contributed by atoms with Gasteiger partial charge in [0.15, 0.2) is 0 Å². The zero-order valence-electron chi connectivity index (χ0n) is 7.13. The van der Waals surface area contributed by atoms with Crippen LogP contribution in [0, 0.1) is 0 Å². The lowest BCUT2D eigenvalue weighted by molar-refractivity contribution is 0.202. The summed E-state index contributed by atoms with van der Waals surface area (Å²) in [7, 11) is 1.58. The Balaban J connectivity index is 2.99. The highest BCUT2D eigenvalue weighted by atomic mass is 79.9. The minimum atomic E-state index is -0.635. The molecular weight excluding hydrogens is 255 g/mol. The summed E-state index contributed by atoms with van der Waals surface area (Å²) in [4.78, 5) is 0. The van der Waals surface area contributed by atoms with Gasteiger partial charge in [-0.1, -0.05) is 6.07 Å². The molecule has 0 spiro atoms. The van der Waals surface area contributed by atoms with Crippen LogP contribution in [0.5, 0.6) is 5.75 Å². The van der Waals surface area contributed by atoms with Gasteiger partial charge in [-0.2, -0.15) is 0 Å². The zero-order valence-corrected chi connectivity index (χ0v) is 9.47. The lowest BCUT2D eigenvalue weighted by Crippen LogP contribution is -1.99. The third-order valence-electron chi connectivity index (χ3n) is 1.71. The van der Waals surface area contributed by atoms with Crippen molar-refractivity contribution < 1.29 is 9.84 Å². The van der Waals surface area contributed by atoms with E-state index in [1.165, 1.54) is 0 Å². The third kappa shape index (κ3) is 2.59. The summed E-state index contributed by atoms with van der Waals surface area (Å²) in [6.07, 6.45) is -0.635. The monoisotopic (exact) mass is 264 g/mol. The molecule has 1 atom stereocenters. The number of aliphatic hydroxyl groups is 1. The predicted octanol–water partition coefficient (Wildman–Crippen LogP) is 2.73. The summed E-state index contributed by atoms with van der Waals surface area (Å²) < 4.78 is 5.94. The zero-order chi connectivity index (χ0) is 9.84. The number of halogens is 2. The fraction of sp³-hybridized carbons (Fsp3) is 0.333. The molecule has 13 heavy (non-hydrogen) atoms. The van der Waals surface area contributed by atoms with Gasteiger partial charge in [-0.25, -0.2) is 0 Å². The normalized spacial score (nSPS) is 12.6. The van der Waals surface area contributed by atoms with Crippen molar-refractivity contribution in [2.45, 2.75) is 6.10 Å². The Bertz CT molecular complexity index is 291. The van der Waals surface area contributed by atoms with Gasteiger partial charge in [0.1, 0.15) is 5.75 Å². The smallest absolute Gasteiger partial charge is 0.133 e. The molecule has 1 N–H and O–H groups in total. The molecular formula is C9H10BrClO2. The SMILES string of the molecule is COc1cc(C(O)CCl)ccc1Br. The molecule has 0 aliphatic carbocycles. The molecule has 1 rings (SSSR count). The fourth-order valence-electron chi connectivity index (χ4n) is 0.973. The first-order valence-electron chi connectivity index (χ1n) is 3.76. The van der Waals surface area contributed by atoms with Crippen molar-refractivity contribution in [2.24, 2.45) is 0 Å². The number of alkyl halides is 1. The van der Waals surface area contributed by atoms with E-state index in [1.54, 1.807) is 19.2 Å². The number of methoxy groups -OCH3 is 1. The summed E-state index contributed by atoms with van der Waals surface area (Å²) in [5.74, 6) is 0.881. The predicted molar refractivity (Wildman–Crippen MR) is 56.4 cm³/mol. The van der Waals surface area contributed by atoms with Crippen LogP contribution < -0.4 is 4.74 Å². The van der Waals surface area contributed by atoms with Gasteiger partial charge in [0.05, 0.1) is 23.6 Å². The molecule has 72 valence electrons. The highest BCUT2D eigenvalue weighted by Crippen LogP contribution is 2.28. The van der Waals surface area contributed by atoms with Crippen molar-refractivity contribution in [3.63, 3.8) is 0 Å². The molecule has 2 nitrogen and oxygen atoms in total. The Labute approximate surface area is 90.6 Å². The maximum absolute atomic E-state index is 9.44. The molecule has 0 amide bonds. The molecule has 0 aliphatic rings. The topological polar surface area (TPSA) is 29.5 Å². The highest BCUT2D eigenvalue weighted by molar-refractivity contribution is 9.10. The summed E-state index contributed by atoms with van der Waals surface area (Å²) in [5.41, 5.74) is 0.759. The fourth-order valence-corrected chi connectivity index (χ4v) is 1.56. The Morgan fingerprint density at radius 1 is 1.62 bits per heavy atom. The number of rotatable bonds is 3. The van der Waals surface area contributed by atoms with Gasteiger partial charge in [0, 0.05) is 0 Å². The molecule has 1 unspecified atom stereocenters. The number of hydrogen-bond acceptors (Lipinski definition) is 2. The van der Waals surface area contributed by atoms with Crippen LogP contribution in [0.15, 0.2) is 22.7 Å². The third-order valence-corrected chi connectivity index (χ3v) is 2.65. The van der Waals surface area contributed by atoms with Gasteiger partial charge >= 0.3 is 0 Å². The number of benzene rings is 1. The van der Waals surface area contributed by atoms with Crippen molar-refractivity contribution in [3.8, 4) is 5.75 Å². The molecule has 0 aliphatic heterocycles. The Hall–Kier alpha value is -0.250. The molecule has 1 aromatic carbocycles. The molecule has 0 bridgehead atoms. The van der Waals surface area contributed by atoms with Gasteiger partial charge in [-0.05, 0) is 33.6 Å². The van der Waals surface area contributed by atoms with E-state index in [1.807, 2.05) is 6.07 Å². The standard InChI is InChI=1S/C9H10BrClO2/c1-13-9-4-6(8(12)5-11)2-3-7(9)10/h2-4,8,12H,5H2,1H3. The van der Waals surface area contributed by atoms with E-state index in [9.17, 15) is 5.11 Å². The first-order valence-corrected chi connectivity index (χ1v) is 5.09. The molecule has 1 aromatic rings. The average molecular weight is 266 g/mol. The van der Waals surface area contributed by atoms with Crippen LogP contribution in [0.3, 0.4) is 0 Å². The van der Waals surface area contributed by atoms with Gasteiger partial charge in [-0.3, -0.25) is 0 Å². The van der Waals surface area contributed by atoms with E-state index in [4.69, 9.17) is 16.3 Å². The van der Waals surface area contributed by atoms with Crippen molar-refractivity contribution >= 4 is 27.5 Å². The van der Waals surface area contributed by atoms with Gasteiger partial charge in [-0.15, -0.1) is 11.6 Å². The number of aliphatic hydroxyl groups excluding tert-OH is 1. The largest absolute Gasteiger partial charge is 0.496 e. The second kappa shape index (κ2) is 4.84. The summed E-state index contributed by atoms with van der Waals surface area (Å²) in [5, 5.41) is 9.44. The minimum absolute atomic E-state index is 0.185. The Kier molecular flexibility index (Phi) is 4.03. The number of hydrogen-bond donors (Lipinski definition) is 1.